The fourth-order valence-electron chi connectivity index (χ4n) is 2.45. The maximum Gasteiger partial charge on any atom is 0.262 e. The maximum absolute atomic E-state index is 12.3. The Morgan fingerprint density at radius 1 is 1.38 bits per heavy atom. The highest BCUT2D eigenvalue weighted by Gasteiger charge is 2.15. The third kappa shape index (κ3) is 4.06. The Morgan fingerprint density at radius 3 is 2.88 bits per heavy atom. The van der Waals surface area contributed by atoms with Gasteiger partial charge < -0.3 is 5.32 Å². The lowest BCUT2D eigenvalue weighted by Crippen LogP contribution is -2.29. The van der Waals surface area contributed by atoms with Crippen LogP contribution in [0.1, 0.15) is 18.5 Å². The quantitative estimate of drug-likeness (QED) is 0.487. The van der Waals surface area contributed by atoms with Crippen LogP contribution in [-0.2, 0) is 11.8 Å². The molecule has 0 radical (unpaired) electrons. The number of carbonyl (C=O) groups is 1. The summed E-state index contributed by atoms with van der Waals surface area (Å²) in [5.74, 6) is -0.0266. The average molecular weight is 428 g/mol. The predicted octanol–water partition coefficient (Wildman–Crippen LogP) is 4.27. The van der Waals surface area contributed by atoms with Gasteiger partial charge in [0.2, 0.25) is 5.91 Å². The highest BCUT2D eigenvalue weighted by molar-refractivity contribution is 7.99. The summed E-state index contributed by atoms with van der Waals surface area (Å²) in [6.45, 7) is 1.85. The number of amides is 1. The van der Waals surface area contributed by atoms with E-state index in [1.807, 2.05) is 12.3 Å². The third-order valence-corrected chi connectivity index (χ3v) is 6.20. The summed E-state index contributed by atoms with van der Waals surface area (Å²) >= 11 is 14.7. The van der Waals surface area contributed by atoms with Crippen LogP contribution < -0.4 is 10.9 Å². The molecule has 5 nitrogen and oxygen atoms in total. The smallest absolute Gasteiger partial charge is 0.262 e. The molecule has 0 aliphatic heterocycles. The Bertz CT molecular complexity index is 1030. The second-order valence-electron chi connectivity index (χ2n) is 5.64. The van der Waals surface area contributed by atoms with Crippen molar-refractivity contribution in [3.8, 4) is 0 Å². The van der Waals surface area contributed by atoms with Gasteiger partial charge in [-0.3, -0.25) is 14.2 Å². The number of hydrogen-bond donors (Lipinski definition) is 1. The molecule has 3 rings (SSSR count). The topological polar surface area (TPSA) is 64.0 Å². The summed E-state index contributed by atoms with van der Waals surface area (Å²) in [7, 11) is 1.66. The van der Waals surface area contributed by atoms with Crippen LogP contribution in [0.3, 0.4) is 0 Å². The van der Waals surface area contributed by atoms with Crippen molar-refractivity contribution >= 4 is 62.4 Å². The maximum atomic E-state index is 12.3. The molecule has 136 valence electrons. The van der Waals surface area contributed by atoms with Gasteiger partial charge in [-0.25, -0.2) is 4.98 Å². The SMILES string of the molecule is CC(NC(=O)CSc1nc2sccc2c(=O)n1C)c1ccc(Cl)cc1Cl. The number of nitrogens with zero attached hydrogens (tertiary/aromatic N) is 2. The van der Waals surface area contributed by atoms with Crippen LogP contribution in [0.4, 0.5) is 0 Å². The molecule has 0 aliphatic rings. The van der Waals surface area contributed by atoms with E-state index in [1.54, 1.807) is 31.3 Å². The van der Waals surface area contributed by atoms with E-state index in [4.69, 9.17) is 23.2 Å². The van der Waals surface area contributed by atoms with Gasteiger partial charge in [0, 0.05) is 17.1 Å². The number of nitrogens with one attached hydrogen (secondary N) is 1. The summed E-state index contributed by atoms with van der Waals surface area (Å²) in [5, 5.41) is 6.88. The van der Waals surface area contributed by atoms with Gasteiger partial charge in [0.25, 0.3) is 5.56 Å². The van der Waals surface area contributed by atoms with E-state index in [0.717, 1.165) is 5.56 Å². The van der Waals surface area contributed by atoms with Crippen LogP contribution in [0.5, 0.6) is 0 Å². The van der Waals surface area contributed by atoms with Crippen LogP contribution in [0.25, 0.3) is 10.2 Å². The number of carbonyl (C=O) groups excluding carboxylic acids is 1. The summed E-state index contributed by atoms with van der Waals surface area (Å²) < 4.78 is 1.46. The van der Waals surface area contributed by atoms with Crippen molar-refractivity contribution in [1.82, 2.24) is 14.9 Å². The third-order valence-electron chi connectivity index (χ3n) is 3.80. The van der Waals surface area contributed by atoms with Gasteiger partial charge in [0.05, 0.1) is 17.2 Å². The first kappa shape index (κ1) is 19.2. The Kier molecular flexibility index (Phi) is 5.92. The van der Waals surface area contributed by atoms with Gasteiger partial charge in [0.1, 0.15) is 4.83 Å². The molecule has 0 saturated heterocycles. The number of aromatic nitrogens is 2. The summed E-state index contributed by atoms with van der Waals surface area (Å²) in [5.41, 5.74) is 0.681. The van der Waals surface area contributed by atoms with Crippen LogP contribution in [-0.4, -0.2) is 21.2 Å². The van der Waals surface area contributed by atoms with E-state index in [2.05, 4.69) is 10.3 Å². The Hall–Kier alpha value is -1.54. The Labute approximate surface area is 168 Å². The molecular weight excluding hydrogens is 413 g/mol. The van der Waals surface area contributed by atoms with Gasteiger partial charge in [-0.15, -0.1) is 11.3 Å². The van der Waals surface area contributed by atoms with Crippen LogP contribution in [0.15, 0.2) is 39.6 Å². The molecule has 9 heteroatoms. The van der Waals surface area contributed by atoms with E-state index in [1.165, 1.54) is 27.7 Å². The van der Waals surface area contributed by atoms with Crippen molar-refractivity contribution in [2.24, 2.45) is 7.05 Å². The van der Waals surface area contributed by atoms with Gasteiger partial charge in [-0.05, 0) is 36.1 Å². The number of thiophene rings is 1. The van der Waals surface area contributed by atoms with Crippen molar-refractivity contribution < 1.29 is 4.79 Å². The fourth-order valence-corrected chi connectivity index (χ4v) is 4.61. The molecule has 2 aromatic heterocycles. The van der Waals surface area contributed by atoms with Gasteiger partial charge in [-0.1, -0.05) is 41.0 Å². The standard InChI is InChI=1S/C17H15Cl2N3O2S2/c1-9(11-4-3-10(18)7-13(11)19)20-14(23)8-26-17-21-15-12(5-6-25-15)16(24)22(17)2/h3-7,9H,8H2,1-2H3,(H,20,23). The molecule has 1 N–H and O–H groups in total. The van der Waals surface area contributed by atoms with E-state index < -0.39 is 0 Å². The lowest BCUT2D eigenvalue weighted by molar-refractivity contribution is -0.119. The number of rotatable bonds is 5. The first-order chi connectivity index (χ1) is 12.4. The van der Waals surface area contributed by atoms with Crippen molar-refractivity contribution in [3.63, 3.8) is 0 Å². The zero-order valence-electron chi connectivity index (χ0n) is 14.0. The molecule has 1 atom stereocenters. The molecule has 0 bridgehead atoms. The molecule has 26 heavy (non-hydrogen) atoms. The molecule has 0 spiro atoms. The molecule has 0 aliphatic carbocycles. The van der Waals surface area contributed by atoms with Gasteiger partial charge in [-0.2, -0.15) is 0 Å². The average Bonchev–Trinajstić information content (AvgIpc) is 3.05. The van der Waals surface area contributed by atoms with Crippen molar-refractivity contribution in [2.45, 2.75) is 18.1 Å². The normalized spacial score (nSPS) is 12.3. The molecule has 0 fully saturated rings. The molecule has 2 heterocycles. The summed E-state index contributed by atoms with van der Waals surface area (Å²) in [4.78, 5) is 29.7. The second kappa shape index (κ2) is 8.00. The van der Waals surface area contributed by atoms with Crippen LogP contribution in [0, 0.1) is 0 Å². The van der Waals surface area contributed by atoms with Crippen LogP contribution >= 0.6 is 46.3 Å². The number of benzene rings is 1. The molecule has 1 unspecified atom stereocenters. The van der Waals surface area contributed by atoms with E-state index in [-0.39, 0.29) is 23.3 Å². The predicted molar refractivity (Wildman–Crippen MR) is 109 cm³/mol. The largest absolute Gasteiger partial charge is 0.349 e. The minimum atomic E-state index is -0.260. The lowest BCUT2D eigenvalue weighted by atomic mass is 10.1. The Balaban J connectivity index is 1.67. The molecule has 1 amide bonds. The fraction of sp³-hybridized carbons (Fsp3) is 0.235. The number of fused-ring (bicyclic) bond motifs is 1. The van der Waals surface area contributed by atoms with Gasteiger partial charge in [0.15, 0.2) is 5.16 Å². The molecule has 0 saturated carbocycles. The zero-order valence-corrected chi connectivity index (χ0v) is 17.1. The van der Waals surface area contributed by atoms with Crippen LogP contribution in [0.2, 0.25) is 10.0 Å². The number of halogens is 2. The highest BCUT2D eigenvalue weighted by Crippen LogP contribution is 2.26. The monoisotopic (exact) mass is 427 g/mol. The first-order valence-electron chi connectivity index (χ1n) is 7.68. The van der Waals surface area contributed by atoms with Crippen molar-refractivity contribution in [1.29, 1.82) is 0 Å². The van der Waals surface area contributed by atoms with Crippen molar-refractivity contribution in [3.05, 3.63) is 55.6 Å². The molecular formula is C17H15Cl2N3O2S2. The molecule has 3 aromatic rings. The Morgan fingerprint density at radius 2 is 2.15 bits per heavy atom. The first-order valence-corrected chi connectivity index (χ1v) is 10.3. The number of hydrogen-bond acceptors (Lipinski definition) is 5. The van der Waals surface area contributed by atoms with E-state index in [0.29, 0.717) is 25.4 Å². The van der Waals surface area contributed by atoms with E-state index >= 15 is 0 Å². The summed E-state index contributed by atoms with van der Waals surface area (Å²) in [6.07, 6.45) is 0. The van der Waals surface area contributed by atoms with Gasteiger partial charge >= 0.3 is 0 Å². The minimum Gasteiger partial charge on any atom is -0.349 e. The van der Waals surface area contributed by atoms with E-state index in [9.17, 15) is 9.59 Å². The zero-order chi connectivity index (χ0) is 18.8. The summed E-state index contributed by atoms with van der Waals surface area (Å²) in [6, 6.07) is 6.67. The molecule has 1 aromatic carbocycles. The second-order valence-corrected chi connectivity index (χ2v) is 8.32. The lowest BCUT2D eigenvalue weighted by Gasteiger charge is -2.16. The minimum absolute atomic E-state index is 0.111. The number of thioether (sulfide) groups is 1. The van der Waals surface area contributed by atoms with Crippen molar-refractivity contribution in [2.75, 3.05) is 5.75 Å². The highest BCUT2D eigenvalue weighted by atomic mass is 35.5.